The highest BCUT2D eigenvalue weighted by molar-refractivity contribution is 4.86. The van der Waals surface area contributed by atoms with E-state index in [-0.39, 0.29) is 0 Å². The molecule has 0 saturated carbocycles. The Morgan fingerprint density at radius 1 is 1.44 bits per heavy atom. The largest absolute Gasteiger partial charge is 0.381 e. The van der Waals surface area contributed by atoms with Crippen molar-refractivity contribution in [2.75, 3.05) is 13.2 Å². The molecule has 0 amide bonds. The van der Waals surface area contributed by atoms with Gasteiger partial charge in [0.2, 0.25) is 0 Å². The van der Waals surface area contributed by atoms with Crippen LogP contribution in [0.4, 0.5) is 0 Å². The van der Waals surface area contributed by atoms with Gasteiger partial charge in [-0.3, -0.25) is 0 Å². The Morgan fingerprint density at radius 2 is 2.11 bits per heavy atom. The average Bonchev–Trinajstić information content (AvgIpc) is 1.80. The van der Waals surface area contributed by atoms with Gasteiger partial charge in [-0.05, 0) is 19.8 Å². The molecule has 0 aromatic heterocycles. The van der Waals surface area contributed by atoms with Crippen LogP contribution in [0.1, 0.15) is 26.7 Å². The zero-order valence-corrected chi connectivity index (χ0v) is 6.44. The van der Waals surface area contributed by atoms with Crippen molar-refractivity contribution in [3.05, 3.63) is 12.2 Å². The van der Waals surface area contributed by atoms with Gasteiger partial charge >= 0.3 is 0 Å². The zero-order valence-electron chi connectivity index (χ0n) is 6.44. The molecule has 0 aromatic rings. The smallest absolute Gasteiger partial charge is 0.0502 e. The number of ether oxygens (including phenoxy) is 1. The molecule has 0 fully saturated rings. The molecule has 0 rings (SSSR count). The Labute approximate surface area is 57.7 Å². The van der Waals surface area contributed by atoms with Crippen molar-refractivity contribution in [2.45, 2.75) is 26.7 Å². The van der Waals surface area contributed by atoms with Gasteiger partial charge in [0.25, 0.3) is 0 Å². The summed E-state index contributed by atoms with van der Waals surface area (Å²) in [5.74, 6) is 0. The summed E-state index contributed by atoms with van der Waals surface area (Å²) in [5, 5.41) is 0. The van der Waals surface area contributed by atoms with E-state index in [9.17, 15) is 0 Å². The van der Waals surface area contributed by atoms with E-state index in [4.69, 9.17) is 4.74 Å². The monoisotopic (exact) mass is 128 g/mol. The van der Waals surface area contributed by atoms with Crippen LogP contribution in [0, 0.1) is 0 Å². The zero-order chi connectivity index (χ0) is 7.11. The van der Waals surface area contributed by atoms with Gasteiger partial charge in [-0.2, -0.15) is 0 Å². The Hall–Kier alpha value is -0.300. The second kappa shape index (κ2) is 5.83. The normalized spacial score (nSPS) is 9.56. The van der Waals surface area contributed by atoms with Crippen molar-refractivity contribution in [3.63, 3.8) is 0 Å². The van der Waals surface area contributed by atoms with Gasteiger partial charge in [0.05, 0.1) is 6.61 Å². The second-order valence-corrected chi connectivity index (χ2v) is 2.32. The first kappa shape index (κ1) is 8.70. The van der Waals surface area contributed by atoms with Gasteiger partial charge in [-0.15, -0.1) is 6.58 Å². The van der Waals surface area contributed by atoms with Crippen molar-refractivity contribution >= 4 is 0 Å². The molecule has 0 spiro atoms. The van der Waals surface area contributed by atoms with E-state index >= 15 is 0 Å². The summed E-state index contributed by atoms with van der Waals surface area (Å²) in [4.78, 5) is 0. The highest BCUT2D eigenvalue weighted by atomic mass is 16.5. The number of hydrogen-bond acceptors (Lipinski definition) is 1. The number of rotatable bonds is 5. The van der Waals surface area contributed by atoms with E-state index < -0.39 is 0 Å². The summed E-state index contributed by atoms with van der Waals surface area (Å²) in [6.45, 7) is 9.63. The van der Waals surface area contributed by atoms with Gasteiger partial charge in [-0.1, -0.05) is 12.5 Å². The SMILES string of the molecule is C=C(C)CCOCCC. The maximum atomic E-state index is 5.23. The lowest BCUT2D eigenvalue weighted by molar-refractivity contribution is 0.138. The van der Waals surface area contributed by atoms with Crippen molar-refractivity contribution in [1.82, 2.24) is 0 Å². The lowest BCUT2D eigenvalue weighted by Gasteiger charge is -1.99. The van der Waals surface area contributed by atoms with Gasteiger partial charge in [-0.25, -0.2) is 0 Å². The molecule has 0 radical (unpaired) electrons. The van der Waals surface area contributed by atoms with Crippen LogP contribution < -0.4 is 0 Å². The molecule has 0 aliphatic rings. The standard InChI is InChI=1S/C8H16O/c1-4-6-9-7-5-8(2)3/h2,4-7H2,1,3H3. The van der Waals surface area contributed by atoms with Crippen molar-refractivity contribution < 1.29 is 4.74 Å². The van der Waals surface area contributed by atoms with Crippen LogP contribution in [0.2, 0.25) is 0 Å². The molecule has 0 heterocycles. The lowest BCUT2D eigenvalue weighted by atomic mass is 10.3. The number of hydrogen-bond donors (Lipinski definition) is 0. The summed E-state index contributed by atoms with van der Waals surface area (Å²) < 4.78 is 5.23. The minimum atomic E-state index is 0.836. The Balaban J connectivity index is 2.83. The molecule has 54 valence electrons. The molecule has 0 bridgehead atoms. The Morgan fingerprint density at radius 3 is 2.56 bits per heavy atom. The van der Waals surface area contributed by atoms with E-state index in [2.05, 4.69) is 13.5 Å². The predicted octanol–water partition coefficient (Wildman–Crippen LogP) is 2.38. The van der Waals surface area contributed by atoms with Crippen LogP contribution in [-0.4, -0.2) is 13.2 Å². The molecule has 0 atom stereocenters. The van der Waals surface area contributed by atoms with Crippen LogP contribution in [0.25, 0.3) is 0 Å². The fourth-order valence-electron chi connectivity index (χ4n) is 0.493. The maximum absolute atomic E-state index is 5.23. The minimum absolute atomic E-state index is 0.836. The van der Waals surface area contributed by atoms with E-state index in [1.165, 1.54) is 5.57 Å². The third kappa shape index (κ3) is 7.70. The molecular formula is C8H16O. The molecule has 1 heteroatoms. The molecule has 0 aromatic carbocycles. The molecule has 9 heavy (non-hydrogen) atoms. The van der Waals surface area contributed by atoms with Gasteiger partial charge in [0.15, 0.2) is 0 Å². The molecule has 0 aliphatic heterocycles. The second-order valence-electron chi connectivity index (χ2n) is 2.32. The van der Waals surface area contributed by atoms with Crippen LogP contribution in [-0.2, 0) is 4.74 Å². The predicted molar refractivity (Wildman–Crippen MR) is 40.5 cm³/mol. The van der Waals surface area contributed by atoms with Gasteiger partial charge < -0.3 is 4.74 Å². The highest BCUT2D eigenvalue weighted by Gasteiger charge is 1.85. The summed E-state index contributed by atoms with van der Waals surface area (Å²) in [5.41, 5.74) is 1.20. The van der Waals surface area contributed by atoms with Gasteiger partial charge in [0, 0.05) is 6.61 Å². The van der Waals surface area contributed by atoms with Crippen molar-refractivity contribution in [2.24, 2.45) is 0 Å². The fraction of sp³-hybridized carbons (Fsp3) is 0.750. The summed E-state index contributed by atoms with van der Waals surface area (Å²) >= 11 is 0. The van der Waals surface area contributed by atoms with Crippen LogP contribution in [0.15, 0.2) is 12.2 Å². The minimum Gasteiger partial charge on any atom is -0.381 e. The first-order chi connectivity index (χ1) is 4.27. The van der Waals surface area contributed by atoms with E-state index in [0.29, 0.717) is 0 Å². The summed E-state index contributed by atoms with van der Waals surface area (Å²) in [6.07, 6.45) is 2.11. The van der Waals surface area contributed by atoms with Crippen LogP contribution in [0.5, 0.6) is 0 Å². The molecule has 0 aliphatic carbocycles. The molecular weight excluding hydrogens is 112 g/mol. The molecule has 1 nitrogen and oxygen atoms in total. The topological polar surface area (TPSA) is 9.23 Å². The van der Waals surface area contributed by atoms with Crippen molar-refractivity contribution in [3.8, 4) is 0 Å². The van der Waals surface area contributed by atoms with Gasteiger partial charge in [0.1, 0.15) is 0 Å². The highest BCUT2D eigenvalue weighted by Crippen LogP contribution is 1.94. The van der Waals surface area contributed by atoms with Crippen LogP contribution in [0.3, 0.4) is 0 Å². The fourth-order valence-corrected chi connectivity index (χ4v) is 0.493. The van der Waals surface area contributed by atoms with E-state index in [1.54, 1.807) is 0 Å². The first-order valence-corrected chi connectivity index (χ1v) is 3.49. The Kier molecular flexibility index (Phi) is 5.64. The third-order valence-electron chi connectivity index (χ3n) is 1.02. The van der Waals surface area contributed by atoms with Crippen LogP contribution >= 0.6 is 0 Å². The first-order valence-electron chi connectivity index (χ1n) is 3.49. The van der Waals surface area contributed by atoms with E-state index in [0.717, 1.165) is 26.1 Å². The quantitative estimate of drug-likeness (QED) is 0.408. The molecule has 0 saturated heterocycles. The summed E-state index contributed by atoms with van der Waals surface area (Å²) in [7, 11) is 0. The molecule has 0 unspecified atom stereocenters. The summed E-state index contributed by atoms with van der Waals surface area (Å²) in [6, 6.07) is 0. The lowest BCUT2D eigenvalue weighted by Crippen LogP contribution is -1.95. The van der Waals surface area contributed by atoms with E-state index in [1.807, 2.05) is 6.92 Å². The average molecular weight is 128 g/mol. The van der Waals surface area contributed by atoms with Crippen molar-refractivity contribution in [1.29, 1.82) is 0 Å². The maximum Gasteiger partial charge on any atom is 0.0502 e. The molecule has 0 N–H and O–H groups in total. The third-order valence-corrected chi connectivity index (χ3v) is 1.02. The Bertz CT molecular complexity index is 76.6.